The van der Waals surface area contributed by atoms with Gasteiger partial charge in [0, 0.05) is 17.9 Å². The first kappa shape index (κ1) is 12.6. The highest BCUT2D eigenvalue weighted by Gasteiger charge is 2.37. The van der Waals surface area contributed by atoms with Crippen LogP contribution in [-0.4, -0.2) is 11.6 Å². The minimum atomic E-state index is -0.0525. The molecule has 18 heavy (non-hydrogen) atoms. The molecule has 0 unspecified atom stereocenters. The van der Waals surface area contributed by atoms with Crippen molar-refractivity contribution in [2.24, 2.45) is 0 Å². The lowest BCUT2D eigenvalue weighted by Crippen LogP contribution is -2.29. The summed E-state index contributed by atoms with van der Waals surface area (Å²) in [7, 11) is 0. The Balaban J connectivity index is 1.85. The van der Waals surface area contributed by atoms with E-state index in [4.69, 9.17) is 9.72 Å². The highest BCUT2D eigenvalue weighted by atomic mass is 32.1. The van der Waals surface area contributed by atoms with E-state index >= 15 is 0 Å². The maximum atomic E-state index is 6.20. The van der Waals surface area contributed by atoms with E-state index in [1.165, 1.54) is 62.1 Å². The van der Waals surface area contributed by atoms with Gasteiger partial charge in [0.25, 0.3) is 0 Å². The second-order valence-corrected chi connectivity index (χ2v) is 6.55. The summed E-state index contributed by atoms with van der Waals surface area (Å²) < 4.78 is 6.20. The molecular weight excluding hydrogens is 242 g/mol. The predicted octanol–water partition coefficient (Wildman–Crippen LogP) is 4.61. The third-order valence-electron chi connectivity index (χ3n) is 4.24. The van der Waals surface area contributed by atoms with Crippen LogP contribution in [0, 0.1) is 0 Å². The third kappa shape index (κ3) is 2.48. The van der Waals surface area contributed by atoms with Crippen molar-refractivity contribution in [1.29, 1.82) is 0 Å². The highest BCUT2D eigenvalue weighted by Crippen LogP contribution is 2.45. The summed E-state index contributed by atoms with van der Waals surface area (Å²) >= 11 is 1.84. The van der Waals surface area contributed by atoms with Gasteiger partial charge in [0.2, 0.25) is 0 Å². The number of nitrogens with zero attached hydrogens (tertiary/aromatic N) is 1. The Hall–Kier alpha value is -0.410. The second kappa shape index (κ2) is 5.30. The van der Waals surface area contributed by atoms with Crippen LogP contribution in [0.25, 0.3) is 0 Å². The molecule has 3 rings (SSSR count). The lowest BCUT2D eigenvalue weighted by Gasteiger charge is -2.30. The Bertz CT molecular complexity index is 389. The number of rotatable bonds is 4. The Labute approximate surface area is 114 Å². The van der Waals surface area contributed by atoms with Crippen LogP contribution in [0.3, 0.4) is 0 Å². The summed E-state index contributed by atoms with van der Waals surface area (Å²) in [4.78, 5) is 4.92. The van der Waals surface area contributed by atoms with Crippen LogP contribution in [0.4, 0.5) is 0 Å². The molecule has 0 aromatic carbocycles. The van der Waals surface area contributed by atoms with Crippen molar-refractivity contribution in [2.45, 2.75) is 69.8 Å². The first-order valence-corrected chi connectivity index (χ1v) is 8.32. The predicted molar refractivity (Wildman–Crippen MR) is 75.1 cm³/mol. The monoisotopic (exact) mass is 265 g/mol. The van der Waals surface area contributed by atoms with Gasteiger partial charge in [0.1, 0.15) is 10.6 Å². The van der Waals surface area contributed by atoms with Crippen LogP contribution >= 0.6 is 11.3 Å². The number of hydrogen-bond acceptors (Lipinski definition) is 3. The summed E-state index contributed by atoms with van der Waals surface area (Å²) in [5, 5.41) is 3.53. The SMILES string of the molecule is CCOC1(c2nc(C3CC3)cs2)CCCCCC1. The molecule has 2 aliphatic rings. The molecule has 0 N–H and O–H groups in total. The van der Waals surface area contributed by atoms with Gasteiger partial charge in [0.05, 0.1) is 5.69 Å². The van der Waals surface area contributed by atoms with Crippen molar-refractivity contribution in [2.75, 3.05) is 6.61 Å². The fourth-order valence-corrected chi connectivity index (χ4v) is 4.17. The third-order valence-corrected chi connectivity index (χ3v) is 5.29. The van der Waals surface area contributed by atoms with E-state index in [2.05, 4.69) is 12.3 Å². The zero-order valence-electron chi connectivity index (χ0n) is 11.3. The smallest absolute Gasteiger partial charge is 0.125 e. The van der Waals surface area contributed by atoms with E-state index < -0.39 is 0 Å². The van der Waals surface area contributed by atoms with Crippen molar-refractivity contribution >= 4 is 11.3 Å². The van der Waals surface area contributed by atoms with Gasteiger partial charge >= 0.3 is 0 Å². The fraction of sp³-hybridized carbons (Fsp3) is 0.800. The van der Waals surface area contributed by atoms with Crippen LogP contribution in [-0.2, 0) is 10.3 Å². The van der Waals surface area contributed by atoms with E-state index in [9.17, 15) is 0 Å². The average Bonchev–Trinajstić information content (AvgIpc) is 3.15. The normalized spacial score (nSPS) is 23.8. The molecule has 0 saturated heterocycles. The van der Waals surface area contributed by atoms with E-state index in [1.54, 1.807) is 0 Å². The maximum Gasteiger partial charge on any atom is 0.125 e. The maximum absolute atomic E-state index is 6.20. The zero-order chi connectivity index (χ0) is 12.4. The average molecular weight is 265 g/mol. The van der Waals surface area contributed by atoms with Crippen LogP contribution in [0.5, 0.6) is 0 Å². The molecule has 0 radical (unpaired) electrons. The van der Waals surface area contributed by atoms with Gasteiger partial charge in [-0.1, -0.05) is 25.7 Å². The molecule has 2 saturated carbocycles. The van der Waals surface area contributed by atoms with Gasteiger partial charge in [-0.2, -0.15) is 0 Å². The van der Waals surface area contributed by atoms with Crippen molar-refractivity contribution in [3.63, 3.8) is 0 Å². The molecule has 0 spiro atoms. The molecule has 2 fully saturated rings. The lowest BCUT2D eigenvalue weighted by molar-refractivity contribution is -0.0560. The molecule has 100 valence electrons. The van der Waals surface area contributed by atoms with E-state index in [-0.39, 0.29) is 5.60 Å². The lowest BCUT2D eigenvalue weighted by atomic mass is 9.95. The quantitative estimate of drug-likeness (QED) is 0.742. The van der Waals surface area contributed by atoms with Gasteiger partial charge in [-0.05, 0) is 32.6 Å². The Kier molecular flexibility index (Phi) is 3.71. The molecule has 0 aliphatic heterocycles. The summed E-state index contributed by atoms with van der Waals surface area (Å²) in [6.07, 6.45) is 10.3. The fourth-order valence-electron chi connectivity index (χ4n) is 3.06. The molecule has 1 aromatic heterocycles. The van der Waals surface area contributed by atoms with Crippen LogP contribution in [0.15, 0.2) is 5.38 Å². The Morgan fingerprint density at radius 1 is 1.28 bits per heavy atom. The largest absolute Gasteiger partial charge is 0.368 e. The van der Waals surface area contributed by atoms with E-state index in [1.807, 2.05) is 11.3 Å². The van der Waals surface area contributed by atoms with Crippen molar-refractivity contribution in [3.8, 4) is 0 Å². The molecule has 1 heterocycles. The molecule has 3 heteroatoms. The molecule has 0 amide bonds. The first-order chi connectivity index (χ1) is 8.84. The zero-order valence-corrected chi connectivity index (χ0v) is 12.1. The minimum absolute atomic E-state index is 0.0525. The van der Waals surface area contributed by atoms with Gasteiger partial charge in [-0.15, -0.1) is 11.3 Å². The summed E-state index contributed by atoms with van der Waals surface area (Å²) in [6.45, 7) is 2.92. The Morgan fingerprint density at radius 3 is 2.61 bits per heavy atom. The Morgan fingerprint density at radius 2 is 2.00 bits per heavy atom. The topological polar surface area (TPSA) is 22.1 Å². The number of aromatic nitrogens is 1. The van der Waals surface area contributed by atoms with E-state index in [0.29, 0.717) is 0 Å². The molecule has 2 aliphatic carbocycles. The van der Waals surface area contributed by atoms with Gasteiger partial charge in [0.15, 0.2) is 0 Å². The first-order valence-electron chi connectivity index (χ1n) is 7.44. The van der Waals surface area contributed by atoms with Crippen molar-refractivity contribution < 1.29 is 4.74 Å². The molecule has 1 aromatic rings. The van der Waals surface area contributed by atoms with Crippen molar-refractivity contribution in [1.82, 2.24) is 4.98 Å². The van der Waals surface area contributed by atoms with Crippen LogP contribution < -0.4 is 0 Å². The van der Waals surface area contributed by atoms with Crippen molar-refractivity contribution in [3.05, 3.63) is 16.1 Å². The molecular formula is C15H23NOS. The summed E-state index contributed by atoms with van der Waals surface area (Å²) in [6, 6.07) is 0. The van der Waals surface area contributed by atoms with E-state index in [0.717, 1.165) is 12.5 Å². The second-order valence-electron chi connectivity index (χ2n) is 5.69. The number of ether oxygens (including phenoxy) is 1. The van der Waals surface area contributed by atoms with Gasteiger partial charge < -0.3 is 4.74 Å². The summed E-state index contributed by atoms with van der Waals surface area (Å²) in [5.41, 5.74) is 1.28. The van der Waals surface area contributed by atoms with Gasteiger partial charge in [-0.3, -0.25) is 0 Å². The molecule has 0 atom stereocenters. The van der Waals surface area contributed by atoms with Crippen LogP contribution in [0.1, 0.15) is 74.9 Å². The minimum Gasteiger partial charge on any atom is -0.368 e. The molecule has 2 nitrogen and oxygen atoms in total. The number of hydrogen-bond donors (Lipinski definition) is 0. The molecule has 0 bridgehead atoms. The van der Waals surface area contributed by atoms with Crippen LogP contribution in [0.2, 0.25) is 0 Å². The highest BCUT2D eigenvalue weighted by molar-refractivity contribution is 7.09. The van der Waals surface area contributed by atoms with Gasteiger partial charge in [-0.25, -0.2) is 4.98 Å². The number of thiazole rings is 1. The summed E-state index contributed by atoms with van der Waals surface area (Å²) in [5.74, 6) is 0.763. The standard InChI is InChI=1S/C15H23NOS/c1-2-17-15(9-5-3-4-6-10-15)14-16-13(11-18-14)12-7-8-12/h11-12H,2-10H2,1H3.